The third-order valence-corrected chi connectivity index (χ3v) is 2.54. The molecule has 0 radical (unpaired) electrons. The molecule has 3 N–H and O–H groups in total. The van der Waals surface area contributed by atoms with Crippen LogP contribution in [-0.4, -0.2) is 36.8 Å². The second-order valence-electron chi connectivity index (χ2n) is 3.63. The molecule has 1 rings (SSSR count). The van der Waals surface area contributed by atoms with Gasteiger partial charge >= 0.3 is 0 Å². The highest BCUT2D eigenvalue weighted by Crippen LogP contribution is 2.20. The van der Waals surface area contributed by atoms with E-state index in [0.29, 0.717) is 13.0 Å². The van der Waals surface area contributed by atoms with Gasteiger partial charge in [0, 0.05) is 26.6 Å². The van der Waals surface area contributed by atoms with Crippen molar-refractivity contribution in [3.63, 3.8) is 0 Å². The van der Waals surface area contributed by atoms with Crippen LogP contribution in [0.4, 0.5) is 0 Å². The zero-order valence-electron chi connectivity index (χ0n) is 7.96. The molecule has 0 aliphatic carbocycles. The number of hydrazine groups is 1. The SMILES string of the molecule is CN1CCC(=O)C(C)(C(N)=O)CN1. The number of primary amides is 1. The Kier molecular flexibility index (Phi) is 2.68. The number of nitrogens with one attached hydrogen (secondary N) is 1. The summed E-state index contributed by atoms with van der Waals surface area (Å²) in [5, 5.41) is 1.80. The number of carbonyl (C=O) groups excluding carboxylic acids is 2. The molecule has 1 saturated heterocycles. The third kappa shape index (κ3) is 1.87. The van der Waals surface area contributed by atoms with E-state index in [1.54, 1.807) is 11.9 Å². The summed E-state index contributed by atoms with van der Waals surface area (Å²) in [6.45, 7) is 2.49. The molecule has 1 atom stereocenters. The lowest BCUT2D eigenvalue weighted by atomic mass is 9.84. The molecule has 5 nitrogen and oxygen atoms in total. The van der Waals surface area contributed by atoms with Crippen LogP contribution in [0.2, 0.25) is 0 Å². The fourth-order valence-corrected chi connectivity index (χ4v) is 1.24. The van der Waals surface area contributed by atoms with Crippen LogP contribution in [0.3, 0.4) is 0 Å². The molecule has 0 aromatic rings. The Balaban J connectivity index is 2.84. The number of hydrogen-bond acceptors (Lipinski definition) is 4. The zero-order chi connectivity index (χ0) is 10.1. The quantitative estimate of drug-likeness (QED) is 0.508. The van der Waals surface area contributed by atoms with Gasteiger partial charge in [-0.15, -0.1) is 0 Å². The largest absolute Gasteiger partial charge is 0.369 e. The lowest BCUT2D eigenvalue weighted by molar-refractivity contribution is -0.138. The first-order valence-electron chi connectivity index (χ1n) is 4.24. The Labute approximate surface area is 77.2 Å². The van der Waals surface area contributed by atoms with E-state index in [4.69, 9.17) is 5.73 Å². The average Bonchev–Trinajstić information content (AvgIpc) is 2.19. The predicted molar refractivity (Wildman–Crippen MR) is 47.6 cm³/mol. The summed E-state index contributed by atoms with van der Waals surface area (Å²) in [4.78, 5) is 22.6. The minimum absolute atomic E-state index is 0.0862. The lowest BCUT2D eigenvalue weighted by Crippen LogP contribution is -2.48. The Morgan fingerprint density at radius 1 is 1.69 bits per heavy atom. The number of nitrogens with two attached hydrogens (primary N) is 1. The molecule has 0 aromatic carbocycles. The van der Waals surface area contributed by atoms with E-state index in [1.165, 1.54) is 0 Å². The molecule has 13 heavy (non-hydrogen) atoms. The van der Waals surface area contributed by atoms with E-state index in [2.05, 4.69) is 5.43 Å². The molecule has 0 bridgehead atoms. The summed E-state index contributed by atoms with van der Waals surface area (Å²) in [5.74, 6) is -0.642. The molecule has 1 aliphatic heterocycles. The van der Waals surface area contributed by atoms with E-state index in [9.17, 15) is 9.59 Å². The maximum Gasteiger partial charge on any atom is 0.232 e. The Bertz CT molecular complexity index is 242. The van der Waals surface area contributed by atoms with E-state index in [1.807, 2.05) is 7.05 Å². The fraction of sp³-hybridized carbons (Fsp3) is 0.750. The van der Waals surface area contributed by atoms with Crippen LogP contribution in [0.1, 0.15) is 13.3 Å². The lowest BCUT2D eigenvalue weighted by Gasteiger charge is -2.22. The summed E-state index contributed by atoms with van der Waals surface area (Å²) >= 11 is 0. The van der Waals surface area contributed by atoms with Gasteiger partial charge in [0.15, 0.2) is 5.78 Å². The topological polar surface area (TPSA) is 75.4 Å². The summed E-state index contributed by atoms with van der Waals surface area (Å²) in [6.07, 6.45) is 0.364. The number of ketones is 1. The van der Waals surface area contributed by atoms with Crippen molar-refractivity contribution >= 4 is 11.7 Å². The van der Waals surface area contributed by atoms with Gasteiger partial charge in [-0.1, -0.05) is 0 Å². The van der Waals surface area contributed by atoms with Crippen molar-refractivity contribution in [2.45, 2.75) is 13.3 Å². The molecule has 5 heteroatoms. The van der Waals surface area contributed by atoms with Crippen molar-refractivity contribution in [3.05, 3.63) is 0 Å². The van der Waals surface area contributed by atoms with Gasteiger partial charge in [-0.05, 0) is 6.92 Å². The summed E-state index contributed by atoms with van der Waals surface area (Å²) in [6, 6.07) is 0. The predicted octanol–water partition coefficient (Wildman–Crippen LogP) is -1.11. The minimum Gasteiger partial charge on any atom is -0.369 e. The average molecular weight is 185 g/mol. The number of rotatable bonds is 1. The van der Waals surface area contributed by atoms with Gasteiger partial charge in [-0.2, -0.15) is 0 Å². The Hall–Kier alpha value is -0.940. The molecule has 0 saturated carbocycles. The first kappa shape index (κ1) is 10.1. The molecular weight excluding hydrogens is 170 g/mol. The van der Waals surface area contributed by atoms with Gasteiger partial charge in [0.05, 0.1) is 0 Å². The molecule has 1 aliphatic rings. The third-order valence-electron chi connectivity index (χ3n) is 2.54. The highest BCUT2D eigenvalue weighted by Gasteiger charge is 2.40. The second kappa shape index (κ2) is 3.43. The molecule has 0 aromatic heterocycles. The van der Waals surface area contributed by atoms with Crippen LogP contribution in [0.5, 0.6) is 0 Å². The molecule has 74 valence electrons. The first-order chi connectivity index (χ1) is 5.97. The smallest absolute Gasteiger partial charge is 0.232 e. The maximum absolute atomic E-state index is 11.6. The molecule has 1 fully saturated rings. The highest BCUT2D eigenvalue weighted by atomic mass is 16.2. The van der Waals surface area contributed by atoms with Gasteiger partial charge in [-0.3, -0.25) is 15.0 Å². The van der Waals surface area contributed by atoms with Crippen molar-refractivity contribution < 1.29 is 9.59 Å². The zero-order valence-corrected chi connectivity index (χ0v) is 7.96. The van der Waals surface area contributed by atoms with Crippen LogP contribution in [-0.2, 0) is 9.59 Å². The van der Waals surface area contributed by atoms with Gasteiger partial charge in [-0.25, -0.2) is 5.01 Å². The van der Waals surface area contributed by atoms with Gasteiger partial charge in [0.25, 0.3) is 0 Å². The van der Waals surface area contributed by atoms with Gasteiger partial charge in [0.1, 0.15) is 5.41 Å². The van der Waals surface area contributed by atoms with Crippen LogP contribution >= 0.6 is 0 Å². The van der Waals surface area contributed by atoms with Crippen molar-refractivity contribution in [3.8, 4) is 0 Å². The van der Waals surface area contributed by atoms with Crippen molar-refractivity contribution in [1.82, 2.24) is 10.4 Å². The summed E-state index contributed by atoms with van der Waals surface area (Å²) in [7, 11) is 1.83. The van der Waals surface area contributed by atoms with Crippen molar-refractivity contribution in [2.24, 2.45) is 11.1 Å². The molecule has 1 unspecified atom stereocenters. The maximum atomic E-state index is 11.6. The van der Waals surface area contributed by atoms with Gasteiger partial charge in [0.2, 0.25) is 5.91 Å². The molecule has 1 heterocycles. The first-order valence-corrected chi connectivity index (χ1v) is 4.24. The number of nitrogens with zero attached hydrogens (tertiary/aromatic N) is 1. The normalized spacial score (nSPS) is 31.4. The van der Waals surface area contributed by atoms with Crippen LogP contribution < -0.4 is 11.2 Å². The second-order valence-corrected chi connectivity index (χ2v) is 3.63. The molecule has 0 spiro atoms. The van der Waals surface area contributed by atoms with Gasteiger partial charge < -0.3 is 5.73 Å². The summed E-state index contributed by atoms with van der Waals surface area (Å²) < 4.78 is 0. The minimum atomic E-state index is -1.05. The van der Waals surface area contributed by atoms with Crippen LogP contribution in [0.15, 0.2) is 0 Å². The summed E-state index contributed by atoms with van der Waals surface area (Å²) in [5.41, 5.74) is 7.10. The number of Topliss-reactive ketones (excluding diaryl/α,β-unsaturated/α-hetero) is 1. The monoisotopic (exact) mass is 185 g/mol. The number of carbonyl (C=O) groups is 2. The van der Waals surface area contributed by atoms with Crippen LogP contribution in [0.25, 0.3) is 0 Å². The van der Waals surface area contributed by atoms with E-state index < -0.39 is 11.3 Å². The van der Waals surface area contributed by atoms with Crippen molar-refractivity contribution in [1.29, 1.82) is 0 Å². The molecular formula is C8H15N3O2. The number of amides is 1. The van der Waals surface area contributed by atoms with Crippen LogP contribution in [0, 0.1) is 5.41 Å². The Morgan fingerprint density at radius 2 is 2.31 bits per heavy atom. The Morgan fingerprint density at radius 3 is 2.85 bits per heavy atom. The standard InChI is InChI=1S/C8H15N3O2/c1-8(7(9)13)5-10-11(2)4-3-6(8)12/h10H,3-5H2,1-2H3,(H2,9,13). The fourth-order valence-electron chi connectivity index (χ4n) is 1.24. The van der Waals surface area contributed by atoms with E-state index in [0.717, 1.165) is 0 Å². The number of hydrogen-bond donors (Lipinski definition) is 2. The highest BCUT2D eigenvalue weighted by molar-refractivity contribution is 6.05. The molecule has 1 amide bonds. The van der Waals surface area contributed by atoms with Crippen molar-refractivity contribution in [2.75, 3.05) is 20.1 Å². The van der Waals surface area contributed by atoms with E-state index >= 15 is 0 Å². The van der Waals surface area contributed by atoms with E-state index in [-0.39, 0.29) is 12.3 Å².